The first-order valence-corrected chi connectivity index (χ1v) is 12.2. The first-order valence-electron chi connectivity index (χ1n) is 11.4. The van der Waals surface area contributed by atoms with Crippen LogP contribution in [0.1, 0.15) is 31.4 Å². The lowest BCUT2D eigenvalue weighted by atomic mass is 10.1. The van der Waals surface area contributed by atoms with Crippen molar-refractivity contribution in [2.45, 2.75) is 32.5 Å². The Bertz CT molecular complexity index is 1530. The Morgan fingerprint density at radius 3 is 2.59 bits per heavy atom. The Morgan fingerprint density at radius 2 is 1.89 bits per heavy atom. The molecule has 0 radical (unpaired) electrons. The van der Waals surface area contributed by atoms with E-state index in [9.17, 15) is 18.0 Å². The van der Waals surface area contributed by atoms with Crippen molar-refractivity contribution >= 4 is 33.0 Å². The van der Waals surface area contributed by atoms with Gasteiger partial charge in [0.25, 0.3) is 5.56 Å². The van der Waals surface area contributed by atoms with Crippen LogP contribution in [-0.4, -0.2) is 29.1 Å². The van der Waals surface area contributed by atoms with E-state index in [1.807, 2.05) is 13.8 Å². The Morgan fingerprint density at radius 1 is 1.14 bits per heavy atom. The first kappa shape index (κ1) is 26.4. The molecule has 4 aromatic rings. The Balaban J connectivity index is 1.86. The number of benzene rings is 3. The number of methoxy groups -OCH3 is 1. The smallest absolute Gasteiger partial charge is 0.416 e. The van der Waals surface area contributed by atoms with E-state index in [4.69, 9.17) is 9.47 Å². The van der Waals surface area contributed by atoms with Crippen molar-refractivity contribution in [3.63, 3.8) is 0 Å². The lowest BCUT2D eigenvalue weighted by Gasteiger charge is -2.17. The van der Waals surface area contributed by atoms with Gasteiger partial charge in [-0.15, -0.1) is 0 Å². The van der Waals surface area contributed by atoms with Gasteiger partial charge in [0.15, 0.2) is 17.3 Å². The minimum atomic E-state index is -4.55. The maximum absolute atomic E-state index is 13.4. The molecule has 0 saturated carbocycles. The molecule has 0 fully saturated rings. The van der Waals surface area contributed by atoms with Crippen molar-refractivity contribution in [3.05, 3.63) is 86.6 Å². The Hall–Kier alpha value is -3.66. The van der Waals surface area contributed by atoms with Crippen molar-refractivity contribution < 1.29 is 22.6 Å². The summed E-state index contributed by atoms with van der Waals surface area (Å²) >= 11 is 3.49. The molecule has 0 N–H and O–H groups in total. The lowest BCUT2D eigenvalue weighted by molar-refractivity contribution is -0.137. The summed E-state index contributed by atoms with van der Waals surface area (Å²) in [4.78, 5) is 17.8. The molecule has 0 unspecified atom stereocenters. The van der Waals surface area contributed by atoms with Gasteiger partial charge in [-0.2, -0.15) is 22.9 Å². The van der Waals surface area contributed by atoms with Crippen LogP contribution in [0.15, 0.2) is 75.0 Å². The molecule has 4 rings (SSSR count). The number of hydrogen-bond acceptors (Lipinski definition) is 5. The minimum absolute atomic E-state index is 0.0196. The van der Waals surface area contributed by atoms with E-state index in [1.165, 1.54) is 25.5 Å². The largest absolute Gasteiger partial charge is 0.493 e. The summed E-state index contributed by atoms with van der Waals surface area (Å²) in [6, 6.07) is 14.7. The molecular formula is C27H23BrF3N3O3. The third-order valence-corrected chi connectivity index (χ3v) is 6.26. The van der Waals surface area contributed by atoms with E-state index < -0.39 is 17.3 Å². The lowest BCUT2D eigenvalue weighted by Crippen LogP contribution is -2.20. The fourth-order valence-electron chi connectivity index (χ4n) is 3.59. The van der Waals surface area contributed by atoms with Crippen LogP contribution in [0.2, 0.25) is 0 Å². The molecule has 0 aliphatic carbocycles. The summed E-state index contributed by atoms with van der Waals surface area (Å²) in [6.07, 6.45) is -2.38. The van der Waals surface area contributed by atoms with Crippen LogP contribution < -0.4 is 15.0 Å². The third-order valence-electron chi connectivity index (χ3n) is 5.67. The van der Waals surface area contributed by atoms with Gasteiger partial charge in [-0.1, -0.05) is 31.2 Å². The molecule has 37 heavy (non-hydrogen) atoms. The molecule has 1 atom stereocenters. The molecule has 0 bridgehead atoms. The van der Waals surface area contributed by atoms with Crippen LogP contribution in [0, 0.1) is 0 Å². The van der Waals surface area contributed by atoms with Crippen LogP contribution in [0.3, 0.4) is 0 Å². The molecule has 0 amide bonds. The summed E-state index contributed by atoms with van der Waals surface area (Å²) in [6.45, 7) is 3.94. The zero-order valence-corrected chi connectivity index (χ0v) is 21.8. The van der Waals surface area contributed by atoms with E-state index in [0.717, 1.165) is 23.2 Å². The normalized spacial score (nSPS) is 12.7. The highest BCUT2D eigenvalue weighted by molar-refractivity contribution is 9.10. The van der Waals surface area contributed by atoms with Gasteiger partial charge in [0, 0.05) is 5.56 Å². The number of nitrogens with zero attached hydrogens (tertiary/aromatic N) is 3. The van der Waals surface area contributed by atoms with Crippen LogP contribution in [0.25, 0.3) is 22.3 Å². The van der Waals surface area contributed by atoms with E-state index in [-0.39, 0.29) is 22.9 Å². The number of alkyl halides is 3. The molecular weight excluding hydrogens is 551 g/mol. The van der Waals surface area contributed by atoms with Gasteiger partial charge in [0.2, 0.25) is 0 Å². The second-order valence-electron chi connectivity index (χ2n) is 8.26. The molecule has 6 nitrogen and oxygen atoms in total. The molecule has 0 spiro atoms. The second kappa shape index (κ2) is 10.8. The molecule has 0 saturated heterocycles. The third kappa shape index (κ3) is 5.69. The van der Waals surface area contributed by atoms with Crippen molar-refractivity contribution in [1.29, 1.82) is 0 Å². The van der Waals surface area contributed by atoms with Crippen LogP contribution in [-0.2, 0) is 6.18 Å². The molecule has 3 aromatic carbocycles. The fraction of sp³-hybridized carbons (Fsp3) is 0.222. The topological polar surface area (TPSA) is 65.7 Å². The van der Waals surface area contributed by atoms with Crippen LogP contribution >= 0.6 is 15.9 Å². The number of rotatable bonds is 7. The number of aromatic nitrogens is 2. The van der Waals surface area contributed by atoms with Crippen molar-refractivity contribution in [1.82, 2.24) is 9.66 Å². The zero-order valence-electron chi connectivity index (χ0n) is 20.2. The van der Waals surface area contributed by atoms with Gasteiger partial charge in [-0.3, -0.25) is 4.79 Å². The van der Waals surface area contributed by atoms with Gasteiger partial charge in [0.05, 0.1) is 40.4 Å². The number of hydrogen-bond donors (Lipinski definition) is 0. The van der Waals surface area contributed by atoms with E-state index in [1.54, 1.807) is 36.4 Å². The minimum Gasteiger partial charge on any atom is -0.493 e. The summed E-state index contributed by atoms with van der Waals surface area (Å²) in [7, 11) is 1.51. The molecule has 1 aromatic heterocycles. The zero-order chi connectivity index (χ0) is 26.7. The number of para-hydroxylation sites is 1. The van der Waals surface area contributed by atoms with Crippen molar-refractivity contribution in [3.8, 4) is 22.9 Å². The van der Waals surface area contributed by atoms with Gasteiger partial charge in [-0.05, 0) is 71.2 Å². The van der Waals surface area contributed by atoms with Crippen molar-refractivity contribution in [2.24, 2.45) is 5.10 Å². The van der Waals surface area contributed by atoms with Crippen LogP contribution in [0.5, 0.6) is 11.5 Å². The SMILES string of the molecule is CC[C@@H](C)Oc1c(Br)cc(C=Nn2c(-c3cccc(C(F)(F)F)c3)nc3ccccc3c2=O)cc1OC. The molecule has 0 aliphatic heterocycles. The molecule has 0 aliphatic rings. The predicted octanol–water partition coefficient (Wildman–Crippen LogP) is 6.91. The quantitative estimate of drug-likeness (QED) is 0.225. The monoisotopic (exact) mass is 573 g/mol. The number of ether oxygens (including phenoxy) is 2. The number of halogens is 4. The summed E-state index contributed by atoms with van der Waals surface area (Å²) < 4.78 is 53.2. The maximum Gasteiger partial charge on any atom is 0.416 e. The molecule has 10 heteroatoms. The van der Waals surface area contributed by atoms with Crippen molar-refractivity contribution in [2.75, 3.05) is 7.11 Å². The molecule has 192 valence electrons. The summed E-state index contributed by atoms with van der Waals surface area (Å²) in [5.74, 6) is 0.968. The van der Waals surface area contributed by atoms with E-state index in [0.29, 0.717) is 27.1 Å². The summed E-state index contributed by atoms with van der Waals surface area (Å²) in [5, 5.41) is 4.62. The highest BCUT2D eigenvalue weighted by Gasteiger charge is 2.31. The average Bonchev–Trinajstić information content (AvgIpc) is 2.88. The van der Waals surface area contributed by atoms with Crippen LogP contribution in [0.4, 0.5) is 13.2 Å². The Labute approximate surface area is 219 Å². The maximum atomic E-state index is 13.4. The van der Waals surface area contributed by atoms with Gasteiger partial charge in [-0.25, -0.2) is 4.98 Å². The summed E-state index contributed by atoms with van der Waals surface area (Å²) in [5.41, 5.74) is -0.353. The highest BCUT2D eigenvalue weighted by Crippen LogP contribution is 2.37. The fourth-order valence-corrected chi connectivity index (χ4v) is 4.14. The van der Waals surface area contributed by atoms with Gasteiger partial charge in [0.1, 0.15) is 0 Å². The number of fused-ring (bicyclic) bond motifs is 1. The van der Waals surface area contributed by atoms with Gasteiger partial charge < -0.3 is 9.47 Å². The second-order valence-corrected chi connectivity index (χ2v) is 9.12. The average molecular weight is 574 g/mol. The van der Waals surface area contributed by atoms with E-state index in [2.05, 4.69) is 26.0 Å². The molecule has 1 heterocycles. The van der Waals surface area contributed by atoms with E-state index >= 15 is 0 Å². The standard InChI is InChI=1S/C27H23BrF3N3O3/c1-4-16(2)37-24-21(28)12-17(13-23(24)36-3)15-32-34-25(18-8-7-9-19(14-18)27(29,30)31)33-22-11-6-5-10-20(22)26(34)35/h5-16H,4H2,1-3H3/t16-/m1/s1. The highest BCUT2D eigenvalue weighted by atomic mass is 79.9. The van der Waals surface area contributed by atoms with Gasteiger partial charge >= 0.3 is 6.18 Å². The predicted molar refractivity (Wildman–Crippen MR) is 141 cm³/mol. The first-order chi connectivity index (χ1) is 17.6. The Kier molecular flexibility index (Phi) is 7.68.